The number of carboxylic acid groups (broad SMARTS) is 1. The van der Waals surface area contributed by atoms with E-state index in [9.17, 15) is 19.2 Å². The highest BCUT2D eigenvalue weighted by atomic mass is 16.6. The largest absolute Gasteiger partial charge is 0.481 e. The zero-order chi connectivity index (χ0) is 33.7. The van der Waals surface area contributed by atoms with E-state index in [4.69, 9.17) is 9.84 Å². The van der Waals surface area contributed by atoms with Crippen LogP contribution in [0.5, 0.6) is 0 Å². The average Bonchev–Trinajstić information content (AvgIpc) is 3.08. The molecular weight excluding hydrogens is 606 g/mol. The molecule has 0 heterocycles. The number of benzene rings is 3. The van der Waals surface area contributed by atoms with Gasteiger partial charge in [0, 0.05) is 19.4 Å². The first-order valence-electron chi connectivity index (χ1n) is 17.1. The Morgan fingerprint density at radius 3 is 1.98 bits per heavy atom. The first kappa shape index (κ1) is 33.2. The number of alkyl carbamates (subject to hydrolysis) is 1. The minimum absolute atomic E-state index is 0.0382. The molecule has 252 valence electrons. The monoisotopic (exact) mass is 651 g/mol. The molecule has 3 aromatic rings. The van der Waals surface area contributed by atoms with Crippen molar-refractivity contribution in [3.05, 3.63) is 96.1 Å². The summed E-state index contributed by atoms with van der Waals surface area (Å²) >= 11 is 0. The van der Waals surface area contributed by atoms with Crippen LogP contribution < -0.4 is 16.0 Å². The molecule has 0 saturated heterocycles. The number of carbonyl (C=O) groups excluding carboxylic acids is 3. The second-order valence-electron chi connectivity index (χ2n) is 14.1. The Balaban J connectivity index is 1.18. The van der Waals surface area contributed by atoms with E-state index in [1.807, 2.05) is 84.9 Å². The van der Waals surface area contributed by atoms with Crippen LogP contribution in [0.2, 0.25) is 0 Å². The molecule has 4 N–H and O–H groups in total. The summed E-state index contributed by atoms with van der Waals surface area (Å²) in [4.78, 5) is 51.3. The fourth-order valence-electron chi connectivity index (χ4n) is 8.30. The molecule has 0 spiro atoms. The van der Waals surface area contributed by atoms with Crippen LogP contribution in [0.1, 0.15) is 69.0 Å². The van der Waals surface area contributed by atoms with Crippen LogP contribution in [0, 0.1) is 23.7 Å². The summed E-state index contributed by atoms with van der Waals surface area (Å²) in [6.07, 6.45) is 4.75. The molecule has 4 fully saturated rings. The molecule has 4 bridgehead atoms. The van der Waals surface area contributed by atoms with Crippen molar-refractivity contribution >= 4 is 23.9 Å². The maximum absolute atomic E-state index is 14.1. The summed E-state index contributed by atoms with van der Waals surface area (Å²) in [7, 11) is 0. The van der Waals surface area contributed by atoms with Crippen molar-refractivity contribution in [2.24, 2.45) is 23.7 Å². The maximum atomic E-state index is 14.1. The molecule has 4 aliphatic rings. The van der Waals surface area contributed by atoms with Gasteiger partial charge in [-0.15, -0.1) is 0 Å². The molecule has 2 atom stereocenters. The summed E-state index contributed by atoms with van der Waals surface area (Å²) in [5, 5.41) is 17.8. The molecule has 7 rings (SSSR count). The lowest BCUT2D eigenvalue weighted by atomic mass is 9.55. The second kappa shape index (κ2) is 14.6. The summed E-state index contributed by atoms with van der Waals surface area (Å²) in [6, 6.07) is 26.6. The number of amides is 3. The van der Waals surface area contributed by atoms with Crippen LogP contribution in [-0.2, 0) is 25.5 Å². The van der Waals surface area contributed by atoms with Gasteiger partial charge < -0.3 is 25.8 Å². The highest BCUT2D eigenvalue weighted by Crippen LogP contribution is 2.54. The number of rotatable bonds is 13. The zero-order valence-electron chi connectivity index (χ0n) is 27.4. The Bertz CT molecular complexity index is 1570. The van der Waals surface area contributed by atoms with Gasteiger partial charge in [-0.1, -0.05) is 84.9 Å². The van der Waals surface area contributed by atoms with Crippen molar-refractivity contribution in [3.8, 4) is 11.1 Å². The Morgan fingerprint density at radius 2 is 1.38 bits per heavy atom. The lowest BCUT2D eigenvalue weighted by Crippen LogP contribution is -2.60. The Labute approximate surface area is 281 Å². The fraction of sp³-hybridized carbons (Fsp3) is 0.436. The van der Waals surface area contributed by atoms with Gasteiger partial charge in [0.25, 0.3) is 0 Å². The first-order valence-corrected chi connectivity index (χ1v) is 17.1. The van der Waals surface area contributed by atoms with E-state index in [2.05, 4.69) is 16.0 Å². The minimum atomic E-state index is -1.37. The Hall–Kier alpha value is -4.66. The number of aliphatic carboxylic acids is 1. The predicted octanol–water partition coefficient (Wildman–Crippen LogP) is 6.04. The van der Waals surface area contributed by atoms with Gasteiger partial charge in [0.2, 0.25) is 11.8 Å². The second-order valence-corrected chi connectivity index (χ2v) is 14.1. The molecule has 0 aromatic heterocycles. The van der Waals surface area contributed by atoms with Crippen molar-refractivity contribution < 1.29 is 29.0 Å². The number of hydrogen-bond acceptors (Lipinski definition) is 5. The van der Waals surface area contributed by atoms with Gasteiger partial charge in [-0.05, 0) is 85.0 Å². The molecule has 3 amide bonds. The van der Waals surface area contributed by atoms with Crippen molar-refractivity contribution in [1.29, 1.82) is 0 Å². The third kappa shape index (κ3) is 8.06. The topological polar surface area (TPSA) is 134 Å². The average molecular weight is 652 g/mol. The van der Waals surface area contributed by atoms with E-state index in [-0.39, 0.29) is 31.9 Å². The quantitative estimate of drug-likeness (QED) is 0.178. The summed E-state index contributed by atoms with van der Waals surface area (Å²) in [5.74, 6) is 0.341. The van der Waals surface area contributed by atoms with Crippen molar-refractivity contribution in [1.82, 2.24) is 16.0 Å². The van der Waals surface area contributed by atoms with Gasteiger partial charge in [-0.25, -0.2) is 4.79 Å². The number of nitrogens with one attached hydrogen (secondary N) is 3. The molecule has 3 aromatic carbocycles. The van der Waals surface area contributed by atoms with Gasteiger partial charge in [-0.2, -0.15) is 0 Å². The lowest BCUT2D eigenvalue weighted by molar-refractivity contribution is -0.138. The van der Waals surface area contributed by atoms with Gasteiger partial charge >= 0.3 is 12.1 Å². The molecule has 9 heteroatoms. The van der Waals surface area contributed by atoms with Crippen LogP contribution in [0.15, 0.2) is 84.9 Å². The summed E-state index contributed by atoms with van der Waals surface area (Å²) in [5.41, 5.74) is 2.38. The smallest absolute Gasteiger partial charge is 0.408 e. The minimum Gasteiger partial charge on any atom is -0.481 e. The van der Waals surface area contributed by atoms with Gasteiger partial charge in [-0.3, -0.25) is 14.4 Å². The van der Waals surface area contributed by atoms with Crippen molar-refractivity contribution in [3.63, 3.8) is 0 Å². The van der Waals surface area contributed by atoms with E-state index in [0.29, 0.717) is 11.8 Å². The predicted molar refractivity (Wildman–Crippen MR) is 182 cm³/mol. The fourth-order valence-corrected chi connectivity index (χ4v) is 8.30. The van der Waals surface area contributed by atoms with Gasteiger partial charge in [0.15, 0.2) is 0 Å². The van der Waals surface area contributed by atoms with E-state index < -0.39 is 35.5 Å². The van der Waals surface area contributed by atoms with E-state index in [1.165, 1.54) is 6.42 Å². The zero-order valence-corrected chi connectivity index (χ0v) is 27.4. The highest BCUT2D eigenvalue weighted by molar-refractivity contribution is 5.90. The molecule has 1 unspecified atom stereocenters. The number of hydrogen-bond donors (Lipinski definition) is 4. The Morgan fingerprint density at radius 1 is 0.792 bits per heavy atom. The molecule has 9 nitrogen and oxygen atoms in total. The molecule has 4 aliphatic carbocycles. The van der Waals surface area contributed by atoms with Gasteiger partial charge in [0.05, 0.1) is 12.5 Å². The maximum Gasteiger partial charge on any atom is 0.408 e. The van der Waals surface area contributed by atoms with E-state index in [1.54, 1.807) is 6.92 Å². The summed E-state index contributed by atoms with van der Waals surface area (Å²) in [6.45, 7) is 1.74. The van der Waals surface area contributed by atoms with Crippen LogP contribution in [-0.4, -0.2) is 47.2 Å². The molecule has 0 aliphatic heterocycles. The van der Waals surface area contributed by atoms with Crippen LogP contribution in [0.3, 0.4) is 0 Å². The highest BCUT2D eigenvalue weighted by Gasteiger charge is 2.50. The molecule has 4 saturated carbocycles. The number of carbonyl (C=O) groups is 4. The SMILES string of the molecule is CC(Cc1ccc(-c2ccccc2)cc1)(NC(=O)OC1C2CC3CC(C2)CC1C3)C(=O)NC[C@H](NC(=O)CCC(=O)O)c1ccccc1. The lowest BCUT2D eigenvalue weighted by Gasteiger charge is -2.53. The van der Waals surface area contributed by atoms with Crippen molar-refractivity contribution in [2.45, 2.75) is 76.0 Å². The van der Waals surface area contributed by atoms with Crippen LogP contribution in [0.4, 0.5) is 4.79 Å². The molecular formula is C39H45N3O6. The van der Waals surface area contributed by atoms with E-state index in [0.717, 1.165) is 59.8 Å². The normalized spacial score (nSPS) is 24.1. The first-order chi connectivity index (χ1) is 23.1. The van der Waals surface area contributed by atoms with Crippen molar-refractivity contribution in [2.75, 3.05) is 6.54 Å². The number of ether oxygens (including phenoxy) is 1. The van der Waals surface area contributed by atoms with Gasteiger partial charge in [0.1, 0.15) is 11.6 Å². The third-order valence-electron chi connectivity index (χ3n) is 10.5. The molecule has 0 radical (unpaired) electrons. The third-order valence-corrected chi connectivity index (χ3v) is 10.5. The summed E-state index contributed by atoms with van der Waals surface area (Å²) < 4.78 is 6.15. The standard InChI is InChI=1S/C39H45N3O6/c1-39(23-25-12-14-29(15-13-25)28-8-4-2-5-9-28,42-38(47)48-36-31-19-26-18-27(21-31)22-32(36)20-26)37(46)40-24-33(30-10-6-3-7-11-30)41-34(43)16-17-35(44)45/h2-15,26-27,31-33,36H,16-24H2,1H3,(H,40,46)(H,41,43)(H,42,47)(H,44,45)/t26?,27?,31?,32?,33-,36?,39?/m0/s1. The molecule has 48 heavy (non-hydrogen) atoms. The Kier molecular flexibility index (Phi) is 10.1. The van der Waals surface area contributed by atoms with Crippen LogP contribution >= 0.6 is 0 Å². The van der Waals surface area contributed by atoms with Crippen LogP contribution in [0.25, 0.3) is 11.1 Å². The van der Waals surface area contributed by atoms with E-state index >= 15 is 0 Å². The number of carboxylic acids is 1.